The van der Waals surface area contributed by atoms with Crippen LogP contribution in [0.2, 0.25) is 0 Å². The summed E-state index contributed by atoms with van der Waals surface area (Å²) >= 11 is 20.1. The topological polar surface area (TPSA) is 34.1 Å². The molecule has 0 aromatic heterocycles. The maximum absolute atomic E-state index is 12.0. The molecule has 3 atom stereocenters. The molecule has 0 aromatic carbocycles. The number of Topliss-reactive ketones (excluding diaryl/α,β-unsaturated/α-hetero) is 2. The molecule has 2 unspecified atom stereocenters. The van der Waals surface area contributed by atoms with Gasteiger partial charge in [0.15, 0.2) is 11.6 Å². The van der Waals surface area contributed by atoms with Gasteiger partial charge in [0.25, 0.3) is 0 Å². The lowest BCUT2D eigenvalue weighted by molar-refractivity contribution is -0.135. The van der Waals surface area contributed by atoms with Crippen LogP contribution >= 0.6 is 50.7 Å². The second-order valence-electron chi connectivity index (χ2n) is 5.82. The van der Waals surface area contributed by atoms with Gasteiger partial charge in [0.05, 0.1) is 10.7 Å². The highest BCUT2D eigenvalue weighted by Crippen LogP contribution is 2.44. The fourth-order valence-corrected chi connectivity index (χ4v) is 3.39. The molecule has 1 fully saturated rings. The summed E-state index contributed by atoms with van der Waals surface area (Å²) in [5.41, 5.74) is 0.0127. The highest BCUT2D eigenvalue weighted by molar-refractivity contribution is 9.10. The van der Waals surface area contributed by atoms with Crippen LogP contribution in [0.25, 0.3) is 0 Å². The van der Waals surface area contributed by atoms with Crippen molar-refractivity contribution in [3.63, 3.8) is 0 Å². The van der Waals surface area contributed by atoms with E-state index in [2.05, 4.69) is 36.7 Å². The van der Waals surface area contributed by atoms with Gasteiger partial charge < -0.3 is 0 Å². The van der Waals surface area contributed by atoms with Crippen molar-refractivity contribution in [2.75, 3.05) is 0 Å². The smallest absolute Gasteiger partial charge is 0.249 e. The van der Waals surface area contributed by atoms with Crippen LogP contribution in [0.15, 0.2) is 0 Å². The Hall–Kier alpha value is 0.690. The SMILES string of the molecule is CC(C)(C)C1CC(Br)C(=O)[C@@H](C(=O)C(Cl)(Cl)Cl)C1. The third kappa shape index (κ3) is 3.84. The van der Waals surface area contributed by atoms with Gasteiger partial charge in [-0.1, -0.05) is 71.5 Å². The first-order chi connectivity index (χ1) is 7.94. The molecule has 0 heterocycles. The van der Waals surface area contributed by atoms with Crippen molar-refractivity contribution in [3.05, 3.63) is 0 Å². The summed E-state index contributed by atoms with van der Waals surface area (Å²) < 4.78 is -2.02. The van der Waals surface area contributed by atoms with E-state index in [4.69, 9.17) is 34.8 Å². The Balaban J connectivity index is 2.97. The largest absolute Gasteiger partial charge is 0.298 e. The second kappa shape index (κ2) is 5.59. The Morgan fingerprint density at radius 3 is 2.11 bits per heavy atom. The van der Waals surface area contributed by atoms with E-state index in [-0.39, 0.29) is 21.9 Å². The summed E-state index contributed by atoms with van der Waals surface area (Å²) in [6.07, 6.45) is 1.17. The number of ketones is 2. The van der Waals surface area contributed by atoms with Gasteiger partial charge >= 0.3 is 0 Å². The summed E-state index contributed by atoms with van der Waals surface area (Å²) in [5.74, 6) is -1.37. The van der Waals surface area contributed by atoms with Gasteiger partial charge in [0, 0.05) is 0 Å². The van der Waals surface area contributed by atoms with Crippen molar-refractivity contribution in [2.45, 2.75) is 42.2 Å². The highest BCUT2D eigenvalue weighted by atomic mass is 79.9. The minimum absolute atomic E-state index is 0.0127. The van der Waals surface area contributed by atoms with Crippen LogP contribution < -0.4 is 0 Å². The Kier molecular flexibility index (Phi) is 5.20. The van der Waals surface area contributed by atoms with Crippen molar-refractivity contribution in [1.82, 2.24) is 0 Å². The number of alkyl halides is 4. The third-order valence-electron chi connectivity index (χ3n) is 3.48. The number of carbonyl (C=O) groups excluding carboxylic acids is 2. The lowest BCUT2D eigenvalue weighted by atomic mass is 9.68. The molecule has 0 spiro atoms. The fourth-order valence-electron chi connectivity index (χ4n) is 2.22. The van der Waals surface area contributed by atoms with E-state index in [1.54, 1.807) is 0 Å². The second-order valence-corrected chi connectivity index (χ2v) is 9.21. The summed E-state index contributed by atoms with van der Waals surface area (Å²) in [6, 6.07) is 0. The summed E-state index contributed by atoms with van der Waals surface area (Å²) in [6.45, 7) is 6.26. The van der Waals surface area contributed by atoms with E-state index < -0.39 is 15.5 Å². The molecule has 1 aliphatic rings. The van der Waals surface area contributed by atoms with Gasteiger partial charge in [0.2, 0.25) is 3.79 Å². The number of rotatable bonds is 1. The van der Waals surface area contributed by atoms with Crippen LogP contribution in [-0.2, 0) is 9.59 Å². The lowest BCUT2D eigenvalue weighted by Gasteiger charge is -2.39. The molecule has 0 aromatic rings. The lowest BCUT2D eigenvalue weighted by Crippen LogP contribution is -2.44. The zero-order valence-electron chi connectivity index (χ0n) is 10.5. The van der Waals surface area contributed by atoms with Crippen LogP contribution in [0.5, 0.6) is 0 Å². The van der Waals surface area contributed by atoms with Gasteiger partial charge in [-0.25, -0.2) is 0 Å². The number of halogens is 4. The molecule has 0 aliphatic heterocycles. The van der Waals surface area contributed by atoms with Gasteiger partial charge in [-0.15, -0.1) is 0 Å². The first-order valence-electron chi connectivity index (χ1n) is 5.73. The number of hydrogen-bond donors (Lipinski definition) is 0. The normalized spacial score (nSPS) is 30.4. The maximum Gasteiger partial charge on any atom is 0.249 e. The van der Waals surface area contributed by atoms with Gasteiger partial charge in [0.1, 0.15) is 0 Å². The van der Waals surface area contributed by atoms with Crippen molar-refractivity contribution in [1.29, 1.82) is 0 Å². The quantitative estimate of drug-likeness (QED) is 0.503. The van der Waals surface area contributed by atoms with E-state index in [0.717, 1.165) is 0 Å². The summed E-state index contributed by atoms with van der Waals surface area (Å²) in [7, 11) is 0. The van der Waals surface area contributed by atoms with E-state index in [0.29, 0.717) is 12.8 Å². The van der Waals surface area contributed by atoms with Crippen molar-refractivity contribution < 1.29 is 9.59 Å². The first-order valence-corrected chi connectivity index (χ1v) is 7.78. The molecule has 1 aliphatic carbocycles. The first kappa shape index (κ1) is 16.7. The summed E-state index contributed by atoms with van der Waals surface area (Å²) in [5, 5.41) is 0. The molecule has 6 heteroatoms. The maximum atomic E-state index is 12.0. The van der Waals surface area contributed by atoms with E-state index >= 15 is 0 Å². The molecular formula is C12H16BrCl3O2. The molecule has 1 saturated carbocycles. The molecule has 1 rings (SSSR count). The zero-order chi connectivity index (χ0) is 14.3. The minimum atomic E-state index is -2.02. The Morgan fingerprint density at radius 1 is 1.22 bits per heavy atom. The predicted octanol–water partition coefficient (Wildman–Crippen LogP) is 4.33. The number of hydrogen-bond acceptors (Lipinski definition) is 2. The molecule has 2 nitrogen and oxygen atoms in total. The molecule has 0 amide bonds. The third-order valence-corrected chi connectivity index (χ3v) is 4.87. The molecule has 0 radical (unpaired) electrons. The highest BCUT2D eigenvalue weighted by Gasteiger charge is 2.47. The zero-order valence-corrected chi connectivity index (χ0v) is 14.3. The Labute approximate surface area is 131 Å². The minimum Gasteiger partial charge on any atom is -0.298 e. The van der Waals surface area contributed by atoms with Crippen LogP contribution in [0.4, 0.5) is 0 Å². The molecule has 0 bridgehead atoms. The molecular weight excluding hydrogens is 362 g/mol. The van der Waals surface area contributed by atoms with Gasteiger partial charge in [-0.05, 0) is 24.2 Å². The van der Waals surface area contributed by atoms with Crippen molar-refractivity contribution >= 4 is 62.3 Å². The number of carbonyl (C=O) groups is 2. The van der Waals surface area contributed by atoms with Crippen LogP contribution in [0.1, 0.15) is 33.6 Å². The molecule has 104 valence electrons. The van der Waals surface area contributed by atoms with E-state index in [1.165, 1.54) is 0 Å². The molecule has 0 saturated heterocycles. The standard InChI is InChI=1S/C12H16BrCl3O2/c1-11(2,3)6-4-7(9(17)8(13)5-6)10(18)12(14,15)16/h6-8H,4-5H2,1-3H3/t6?,7-,8?/m0/s1. The van der Waals surface area contributed by atoms with Gasteiger partial charge in [-0.2, -0.15) is 0 Å². The van der Waals surface area contributed by atoms with Crippen LogP contribution in [0, 0.1) is 17.3 Å². The Morgan fingerprint density at radius 2 is 1.72 bits per heavy atom. The summed E-state index contributed by atoms with van der Waals surface area (Å²) in [4.78, 5) is 23.7. The monoisotopic (exact) mass is 376 g/mol. The average Bonchev–Trinajstić information content (AvgIpc) is 2.17. The van der Waals surface area contributed by atoms with Crippen molar-refractivity contribution in [2.24, 2.45) is 17.3 Å². The average molecular weight is 379 g/mol. The van der Waals surface area contributed by atoms with Crippen LogP contribution in [0.3, 0.4) is 0 Å². The van der Waals surface area contributed by atoms with Gasteiger partial charge in [-0.3, -0.25) is 9.59 Å². The van der Waals surface area contributed by atoms with E-state index in [1.807, 2.05) is 0 Å². The van der Waals surface area contributed by atoms with Crippen LogP contribution in [-0.4, -0.2) is 20.2 Å². The van der Waals surface area contributed by atoms with E-state index in [9.17, 15) is 9.59 Å². The molecule has 0 N–H and O–H groups in total. The fraction of sp³-hybridized carbons (Fsp3) is 0.833. The predicted molar refractivity (Wildman–Crippen MR) is 78.7 cm³/mol. The van der Waals surface area contributed by atoms with Crippen molar-refractivity contribution in [3.8, 4) is 0 Å². The Bertz CT molecular complexity index is 357. The molecule has 18 heavy (non-hydrogen) atoms.